The van der Waals surface area contributed by atoms with Gasteiger partial charge in [0, 0.05) is 11.5 Å². The molecular formula is C28H32O3. The van der Waals surface area contributed by atoms with Crippen molar-refractivity contribution < 1.29 is 9.15 Å². The van der Waals surface area contributed by atoms with Gasteiger partial charge in [0.15, 0.2) is 0 Å². The van der Waals surface area contributed by atoms with Crippen LogP contribution < -0.4 is 10.4 Å². The van der Waals surface area contributed by atoms with Gasteiger partial charge < -0.3 is 9.15 Å². The van der Waals surface area contributed by atoms with Gasteiger partial charge in [-0.2, -0.15) is 0 Å². The summed E-state index contributed by atoms with van der Waals surface area (Å²) in [5, 5.41) is 0.890. The van der Waals surface area contributed by atoms with Crippen molar-refractivity contribution in [2.45, 2.75) is 51.9 Å². The molecule has 1 heterocycles. The summed E-state index contributed by atoms with van der Waals surface area (Å²) in [6.45, 7) is 6.53. The highest BCUT2D eigenvalue weighted by Gasteiger charge is 2.09. The molecule has 0 unspecified atom stereocenters. The lowest BCUT2D eigenvalue weighted by Gasteiger charge is -2.08. The lowest BCUT2D eigenvalue weighted by Crippen LogP contribution is -2.03. The van der Waals surface area contributed by atoms with Gasteiger partial charge in [0.05, 0.1) is 12.2 Å². The van der Waals surface area contributed by atoms with E-state index in [-0.39, 0.29) is 5.63 Å². The molecule has 3 aromatic rings. The van der Waals surface area contributed by atoms with Crippen molar-refractivity contribution in [3.05, 3.63) is 89.3 Å². The highest BCUT2D eigenvalue weighted by molar-refractivity contribution is 5.82. The second kappa shape index (κ2) is 11.9. The van der Waals surface area contributed by atoms with Gasteiger partial charge in [0.25, 0.3) is 0 Å². The molecule has 0 N–H and O–H groups in total. The zero-order chi connectivity index (χ0) is 21.9. The summed E-state index contributed by atoms with van der Waals surface area (Å²) >= 11 is 0. The normalized spacial score (nSPS) is 11.3. The van der Waals surface area contributed by atoms with E-state index in [9.17, 15) is 4.79 Å². The van der Waals surface area contributed by atoms with E-state index in [0.717, 1.165) is 42.4 Å². The third-order valence-corrected chi connectivity index (χ3v) is 5.29. The molecule has 162 valence electrons. The number of hydrogen-bond acceptors (Lipinski definition) is 3. The van der Waals surface area contributed by atoms with Gasteiger partial charge in [-0.15, -0.1) is 6.58 Å². The van der Waals surface area contributed by atoms with Crippen LogP contribution in [0.3, 0.4) is 0 Å². The second-order valence-corrected chi connectivity index (χ2v) is 7.79. The van der Waals surface area contributed by atoms with Gasteiger partial charge in [-0.3, -0.25) is 0 Å². The van der Waals surface area contributed by atoms with E-state index >= 15 is 0 Å². The molecular weight excluding hydrogens is 384 g/mol. The summed E-state index contributed by atoms with van der Waals surface area (Å²) in [5.41, 5.74) is 3.01. The molecule has 0 spiro atoms. The standard InChI is InChI=1S/C28H32O3/c1-3-5-7-8-9-11-19-30-25-18-17-24-20-26(28(29)31-27(24)21-25)23-15-13-22(14-16-23)12-10-6-4-2/h3,7-8,13-18,20-21H,1,4-6,9-12,19H2,2H3. The summed E-state index contributed by atoms with van der Waals surface area (Å²) in [6, 6.07) is 15.8. The lowest BCUT2D eigenvalue weighted by molar-refractivity contribution is 0.312. The summed E-state index contributed by atoms with van der Waals surface area (Å²) in [5.74, 6) is 0.718. The maximum Gasteiger partial charge on any atom is 0.344 e. The Morgan fingerprint density at radius 1 is 1.00 bits per heavy atom. The highest BCUT2D eigenvalue weighted by Crippen LogP contribution is 2.25. The van der Waals surface area contributed by atoms with E-state index < -0.39 is 0 Å². The number of unbranched alkanes of at least 4 members (excludes halogenated alkanes) is 3. The molecule has 3 nitrogen and oxygen atoms in total. The molecule has 1 aromatic heterocycles. The van der Waals surface area contributed by atoms with Crippen LogP contribution in [0.1, 0.15) is 51.0 Å². The Kier molecular flexibility index (Phi) is 8.71. The van der Waals surface area contributed by atoms with Crippen LogP contribution in [-0.2, 0) is 6.42 Å². The molecule has 0 saturated carbocycles. The molecule has 0 amide bonds. The minimum atomic E-state index is -0.323. The summed E-state index contributed by atoms with van der Waals surface area (Å²) in [4.78, 5) is 12.6. The Morgan fingerprint density at radius 2 is 1.84 bits per heavy atom. The minimum Gasteiger partial charge on any atom is -0.493 e. The van der Waals surface area contributed by atoms with Crippen LogP contribution in [0, 0.1) is 0 Å². The average molecular weight is 417 g/mol. The van der Waals surface area contributed by atoms with Crippen molar-refractivity contribution in [2.75, 3.05) is 6.61 Å². The molecule has 2 aromatic carbocycles. The first kappa shape index (κ1) is 22.6. The van der Waals surface area contributed by atoms with E-state index in [1.165, 1.54) is 24.8 Å². The number of rotatable bonds is 12. The fraction of sp³-hybridized carbons (Fsp3) is 0.321. The van der Waals surface area contributed by atoms with Crippen LogP contribution in [0.25, 0.3) is 22.1 Å². The smallest absolute Gasteiger partial charge is 0.344 e. The van der Waals surface area contributed by atoms with Crippen LogP contribution in [0.15, 0.2) is 82.5 Å². The second-order valence-electron chi connectivity index (χ2n) is 7.79. The molecule has 0 bridgehead atoms. The molecule has 0 saturated heterocycles. The predicted molar refractivity (Wildman–Crippen MR) is 130 cm³/mol. The Balaban J connectivity index is 1.66. The van der Waals surface area contributed by atoms with Gasteiger partial charge in [-0.25, -0.2) is 4.79 Å². The molecule has 3 heteroatoms. The molecule has 0 fully saturated rings. The fourth-order valence-corrected chi connectivity index (χ4v) is 3.51. The van der Waals surface area contributed by atoms with Crippen molar-refractivity contribution in [1.29, 1.82) is 0 Å². The van der Waals surface area contributed by atoms with Crippen molar-refractivity contribution in [1.82, 2.24) is 0 Å². The summed E-state index contributed by atoms with van der Waals surface area (Å²) in [7, 11) is 0. The predicted octanol–water partition coefficient (Wildman–Crippen LogP) is 7.48. The van der Waals surface area contributed by atoms with Crippen molar-refractivity contribution in [2.24, 2.45) is 0 Å². The zero-order valence-electron chi connectivity index (χ0n) is 18.4. The molecule has 31 heavy (non-hydrogen) atoms. The van der Waals surface area contributed by atoms with E-state index in [2.05, 4.69) is 37.8 Å². The van der Waals surface area contributed by atoms with Crippen LogP contribution in [0.2, 0.25) is 0 Å². The van der Waals surface area contributed by atoms with Gasteiger partial charge in [0.2, 0.25) is 0 Å². The average Bonchev–Trinajstić information content (AvgIpc) is 2.79. The minimum absolute atomic E-state index is 0.323. The molecule has 0 aliphatic carbocycles. The first-order valence-electron chi connectivity index (χ1n) is 11.3. The van der Waals surface area contributed by atoms with E-state index in [1.54, 1.807) is 6.07 Å². The van der Waals surface area contributed by atoms with Crippen LogP contribution >= 0.6 is 0 Å². The molecule has 3 rings (SSSR count). The number of hydrogen-bond donors (Lipinski definition) is 0. The van der Waals surface area contributed by atoms with Crippen LogP contribution in [-0.4, -0.2) is 6.61 Å². The molecule has 0 radical (unpaired) electrons. The maximum atomic E-state index is 12.6. The van der Waals surface area contributed by atoms with Crippen molar-refractivity contribution in [3.8, 4) is 16.9 Å². The van der Waals surface area contributed by atoms with Crippen molar-refractivity contribution in [3.63, 3.8) is 0 Å². The number of aryl methyl sites for hydroxylation is 1. The third kappa shape index (κ3) is 6.71. The van der Waals surface area contributed by atoms with Gasteiger partial charge >= 0.3 is 5.63 Å². The first-order valence-corrected chi connectivity index (χ1v) is 11.3. The number of fused-ring (bicyclic) bond motifs is 1. The molecule has 0 atom stereocenters. The number of ether oxygens (including phenoxy) is 1. The van der Waals surface area contributed by atoms with E-state index in [0.29, 0.717) is 17.8 Å². The van der Waals surface area contributed by atoms with E-state index in [1.807, 2.05) is 36.4 Å². The quantitative estimate of drug-likeness (QED) is 0.174. The summed E-state index contributed by atoms with van der Waals surface area (Å²) < 4.78 is 11.4. The molecule has 0 aliphatic heterocycles. The van der Waals surface area contributed by atoms with Gasteiger partial charge in [0.1, 0.15) is 11.3 Å². The van der Waals surface area contributed by atoms with Crippen molar-refractivity contribution >= 4 is 11.0 Å². The topological polar surface area (TPSA) is 39.4 Å². The van der Waals surface area contributed by atoms with E-state index in [4.69, 9.17) is 9.15 Å². The third-order valence-electron chi connectivity index (χ3n) is 5.29. The number of benzene rings is 2. The Morgan fingerprint density at radius 3 is 2.61 bits per heavy atom. The zero-order valence-corrected chi connectivity index (χ0v) is 18.4. The van der Waals surface area contributed by atoms with Gasteiger partial charge in [-0.1, -0.05) is 62.3 Å². The first-order chi connectivity index (χ1) is 15.2. The van der Waals surface area contributed by atoms with Gasteiger partial charge in [-0.05, 0) is 61.4 Å². The number of allylic oxidation sites excluding steroid dienone is 3. The molecule has 0 aliphatic rings. The summed E-state index contributed by atoms with van der Waals surface area (Å²) in [6.07, 6.45) is 13.7. The fourth-order valence-electron chi connectivity index (χ4n) is 3.51. The Labute approximate surface area is 185 Å². The van der Waals surface area contributed by atoms with Crippen LogP contribution in [0.5, 0.6) is 5.75 Å². The Bertz CT molecular complexity index is 1060. The lowest BCUT2D eigenvalue weighted by atomic mass is 10.0. The largest absolute Gasteiger partial charge is 0.493 e. The van der Waals surface area contributed by atoms with Crippen LogP contribution in [0.4, 0.5) is 0 Å². The maximum absolute atomic E-state index is 12.6. The monoisotopic (exact) mass is 416 g/mol. The Hall–Kier alpha value is -3.07. The highest BCUT2D eigenvalue weighted by atomic mass is 16.5. The SMILES string of the molecule is C=CCC=CCCCOc1ccc2cc(-c3ccc(CCCCC)cc3)c(=O)oc2c1.